The van der Waals surface area contributed by atoms with Gasteiger partial charge in [-0.15, -0.1) is 0 Å². The zero-order chi connectivity index (χ0) is 20.6. The third-order valence-corrected chi connectivity index (χ3v) is 4.42. The summed E-state index contributed by atoms with van der Waals surface area (Å²) in [5.41, 5.74) is 2.63. The van der Waals surface area contributed by atoms with Crippen molar-refractivity contribution in [3.05, 3.63) is 90.0 Å². The van der Waals surface area contributed by atoms with E-state index in [0.29, 0.717) is 29.1 Å². The summed E-state index contributed by atoms with van der Waals surface area (Å²) >= 11 is 0. The van der Waals surface area contributed by atoms with Crippen LogP contribution >= 0.6 is 0 Å². The molecular weight excluding hydrogens is 364 g/mol. The molecule has 29 heavy (non-hydrogen) atoms. The van der Waals surface area contributed by atoms with Gasteiger partial charge >= 0.3 is 0 Å². The van der Waals surface area contributed by atoms with Gasteiger partial charge < -0.3 is 15.4 Å². The van der Waals surface area contributed by atoms with Crippen LogP contribution in [0.1, 0.15) is 29.3 Å². The lowest BCUT2D eigenvalue weighted by atomic mass is 10.1. The molecule has 0 bridgehead atoms. The Morgan fingerprint density at radius 2 is 1.52 bits per heavy atom. The van der Waals surface area contributed by atoms with Crippen molar-refractivity contribution in [2.24, 2.45) is 0 Å². The topological polar surface area (TPSA) is 67.4 Å². The number of ether oxygens (including phenoxy) is 1. The maximum absolute atomic E-state index is 12.8. The van der Waals surface area contributed by atoms with Crippen molar-refractivity contribution in [2.45, 2.75) is 26.4 Å². The Bertz CT molecular complexity index is 969. The Labute approximate surface area is 170 Å². The highest BCUT2D eigenvalue weighted by atomic mass is 16.5. The molecule has 5 heteroatoms. The Balaban J connectivity index is 1.72. The van der Waals surface area contributed by atoms with E-state index in [0.717, 1.165) is 5.56 Å². The summed E-state index contributed by atoms with van der Waals surface area (Å²) in [6.07, 6.45) is -0.166. The van der Waals surface area contributed by atoms with E-state index in [4.69, 9.17) is 4.74 Å². The van der Waals surface area contributed by atoms with Crippen molar-refractivity contribution in [1.29, 1.82) is 0 Å². The average molecular weight is 388 g/mol. The molecular formula is C24H24N2O3. The van der Waals surface area contributed by atoms with Crippen molar-refractivity contribution in [1.82, 2.24) is 0 Å². The molecule has 0 unspecified atom stereocenters. The molecule has 3 aromatic rings. The summed E-state index contributed by atoms with van der Waals surface area (Å²) in [6, 6.07) is 23.6. The first kappa shape index (κ1) is 20.1. The van der Waals surface area contributed by atoms with Gasteiger partial charge in [0.25, 0.3) is 11.8 Å². The monoisotopic (exact) mass is 388 g/mol. The second kappa shape index (κ2) is 9.55. The van der Waals surface area contributed by atoms with Gasteiger partial charge in [-0.3, -0.25) is 9.59 Å². The van der Waals surface area contributed by atoms with E-state index in [-0.39, 0.29) is 11.8 Å². The zero-order valence-electron chi connectivity index (χ0n) is 16.5. The fourth-order valence-electron chi connectivity index (χ4n) is 2.83. The van der Waals surface area contributed by atoms with Crippen LogP contribution in [0.3, 0.4) is 0 Å². The lowest BCUT2D eigenvalue weighted by Gasteiger charge is -2.18. The number of hydrogen-bond acceptors (Lipinski definition) is 3. The number of carbonyl (C=O) groups is 2. The second-order valence-electron chi connectivity index (χ2n) is 6.68. The molecule has 3 aromatic carbocycles. The van der Waals surface area contributed by atoms with E-state index in [1.54, 1.807) is 24.3 Å². The molecule has 2 amide bonds. The molecule has 0 aliphatic carbocycles. The fourth-order valence-corrected chi connectivity index (χ4v) is 2.83. The standard InChI is InChI=1S/C24H24N2O3/c1-3-22(29-19-15-13-17(2)14-16-19)24(28)26-21-12-8-7-11-20(21)23(27)25-18-9-5-4-6-10-18/h4-16,22H,3H2,1-2H3,(H,25,27)(H,26,28)/t22-/m1/s1. The lowest BCUT2D eigenvalue weighted by Crippen LogP contribution is -2.33. The first-order valence-corrected chi connectivity index (χ1v) is 9.56. The van der Waals surface area contributed by atoms with Crippen molar-refractivity contribution < 1.29 is 14.3 Å². The first-order chi connectivity index (χ1) is 14.1. The van der Waals surface area contributed by atoms with Gasteiger partial charge in [0.2, 0.25) is 0 Å². The van der Waals surface area contributed by atoms with Crippen molar-refractivity contribution in [3.8, 4) is 5.75 Å². The quantitative estimate of drug-likeness (QED) is 0.596. The van der Waals surface area contributed by atoms with Gasteiger partial charge in [-0.05, 0) is 49.7 Å². The fraction of sp³-hybridized carbons (Fsp3) is 0.167. The van der Waals surface area contributed by atoms with E-state index >= 15 is 0 Å². The molecule has 148 valence electrons. The number of para-hydroxylation sites is 2. The molecule has 3 rings (SSSR count). The van der Waals surface area contributed by atoms with E-state index in [9.17, 15) is 9.59 Å². The lowest BCUT2D eigenvalue weighted by molar-refractivity contribution is -0.122. The number of anilines is 2. The third kappa shape index (κ3) is 5.45. The van der Waals surface area contributed by atoms with Crippen molar-refractivity contribution in [2.75, 3.05) is 10.6 Å². The number of amides is 2. The zero-order valence-corrected chi connectivity index (χ0v) is 16.5. The second-order valence-corrected chi connectivity index (χ2v) is 6.68. The molecule has 0 fully saturated rings. The normalized spacial score (nSPS) is 11.4. The largest absolute Gasteiger partial charge is 0.481 e. The summed E-state index contributed by atoms with van der Waals surface area (Å²) in [6.45, 7) is 3.87. The highest BCUT2D eigenvalue weighted by Gasteiger charge is 2.21. The van der Waals surface area contributed by atoms with Gasteiger partial charge in [0.15, 0.2) is 6.10 Å². The van der Waals surface area contributed by atoms with Crippen LogP contribution in [0.5, 0.6) is 5.75 Å². The number of aryl methyl sites for hydroxylation is 1. The van der Waals surface area contributed by atoms with E-state index in [1.807, 2.05) is 68.4 Å². The van der Waals surface area contributed by atoms with Crippen molar-refractivity contribution in [3.63, 3.8) is 0 Å². The van der Waals surface area contributed by atoms with Crippen LogP contribution in [0, 0.1) is 6.92 Å². The van der Waals surface area contributed by atoms with E-state index in [2.05, 4.69) is 10.6 Å². The predicted octanol–water partition coefficient (Wildman–Crippen LogP) is 5.04. The number of nitrogens with one attached hydrogen (secondary N) is 2. The van der Waals surface area contributed by atoms with Crippen LogP contribution in [0.15, 0.2) is 78.9 Å². The molecule has 0 aliphatic heterocycles. The van der Waals surface area contributed by atoms with E-state index < -0.39 is 6.10 Å². The van der Waals surface area contributed by atoms with Gasteiger partial charge in [0, 0.05) is 5.69 Å². The minimum atomic E-state index is -0.664. The van der Waals surface area contributed by atoms with Crippen LogP contribution in [0.4, 0.5) is 11.4 Å². The van der Waals surface area contributed by atoms with E-state index in [1.165, 1.54) is 0 Å². The highest BCUT2D eigenvalue weighted by Crippen LogP contribution is 2.20. The molecule has 0 radical (unpaired) electrons. The number of benzene rings is 3. The maximum atomic E-state index is 12.8. The molecule has 0 saturated carbocycles. The predicted molar refractivity (Wildman–Crippen MR) is 115 cm³/mol. The van der Waals surface area contributed by atoms with Gasteiger partial charge in [-0.25, -0.2) is 0 Å². The summed E-state index contributed by atoms with van der Waals surface area (Å²) in [4.78, 5) is 25.5. The molecule has 0 spiro atoms. The van der Waals surface area contributed by atoms with Gasteiger partial charge in [0.05, 0.1) is 11.3 Å². The Morgan fingerprint density at radius 1 is 0.862 bits per heavy atom. The third-order valence-electron chi connectivity index (χ3n) is 4.42. The number of hydrogen-bond donors (Lipinski definition) is 2. The Kier molecular flexibility index (Phi) is 6.63. The molecule has 2 N–H and O–H groups in total. The van der Waals surface area contributed by atoms with Crippen molar-refractivity contribution >= 4 is 23.2 Å². The molecule has 1 atom stereocenters. The van der Waals surface area contributed by atoms with Crippen LogP contribution in [0.25, 0.3) is 0 Å². The molecule has 5 nitrogen and oxygen atoms in total. The van der Waals surface area contributed by atoms with Gasteiger partial charge in [-0.1, -0.05) is 55.0 Å². The number of carbonyl (C=O) groups excluding carboxylic acids is 2. The van der Waals surface area contributed by atoms with Gasteiger partial charge in [0.1, 0.15) is 5.75 Å². The summed E-state index contributed by atoms with van der Waals surface area (Å²) < 4.78 is 5.84. The van der Waals surface area contributed by atoms with Crippen LogP contribution in [-0.2, 0) is 4.79 Å². The summed E-state index contributed by atoms with van der Waals surface area (Å²) in [5, 5.41) is 5.67. The summed E-state index contributed by atoms with van der Waals surface area (Å²) in [5.74, 6) is 0.0420. The minimum Gasteiger partial charge on any atom is -0.481 e. The van der Waals surface area contributed by atoms with Crippen LogP contribution in [-0.4, -0.2) is 17.9 Å². The van der Waals surface area contributed by atoms with Gasteiger partial charge in [-0.2, -0.15) is 0 Å². The highest BCUT2D eigenvalue weighted by molar-refractivity contribution is 6.10. The Hall–Kier alpha value is -3.60. The SMILES string of the molecule is CC[C@@H](Oc1ccc(C)cc1)C(=O)Nc1ccccc1C(=O)Nc1ccccc1. The molecule has 0 aliphatic rings. The average Bonchev–Trinajstić information content (AvgIpc) is 2.74. The molecule has 0 saturated heterocycles. The summed E-state index contributed by atoms with van der Waals surface area (Å²) in [7, 11) is 0. The van der Waals surface area contributed by atoms with Crippen LogP contribution in [0.2, 0.25) is 0 Å². The maximum Gasteiger partial charge on any atom is 0.265 e. The first-order valence-electron chi connectivity index (χ1n) is 9.56. The minimum absolute atomic E-state index is 0.292. The number of rotatable bonds is 7. The molecule has 0 heterocycles. The smallest absolute Gasteiger partial charge is 0.265 e. The Morgan fingerprint density at radius 3 is 2.21 bits per heavy atom. The van der Waals surface area contributed by atoms with Crippen LogP contribution < -0.4 is 15.4 Å². The molecule has 0 aromatic heterocycles.